The number of halogens is 8. The highest BCUT2D eigenvalue weighted by Crippen LogP contribution is 2.43. The predicted molar refractivity (Wildman–Crippen MR) is 64.0 cm³/mol. The van der Waals surface area contributed by atoms with Gasteiger partial charge in [0.15, 0.2) is 0 Å². The molecule has 0 spiro atoms. The first-order valence-corrected chi connectivity index (χ1v) is 5.94. The van der Waals surface area contributed by atoms with Crippen LogP contribution in [-0.2, 0) is 12.4 Å². The predicted octanol–water partition coefficient (Wildman–Crippen LogP) is 5.42. The van der Waals surface area contributed by atoms with Crippen molar-refractivity contribution in [2.75, 3.05) is 0 Å². The minimum Gasteiger partial charge on any atom is -0.277 e. The first-order chi connectivity index (χ1) is 9.51. The average Bonchev–Trinajstić information content (AvgIpc) is 2.75. The van der Waals surface area contributed by atoms with E-state index in [0.717, 1.165) is 0 Å². The number of aromatic amines is 1. The van der Waals surface area contributed by atoms with Crippen LogP contribution in [0.5, 0.6) is 0 Å². The number of H-pyrrole nitrogens is 1. The molecule has 1 N–H and O–H groups in total. The maximum Gasteiger partial charge on any atom is 0.420 e. The van der Waals surface area contributed by atoms with Gasteiger partial charge in [0.05, 0.1) is 27.5 Å². The average molecular weight is 349 g/mol. The molecule has 0 saturated heterocycles. The van der Waals surface area contributed by atoms with E-state index in [1.165, 1.54) is 0 Å². The van der Waals surface area contributed by atoms with Crippen molar-refractivity contribution < 1.29 is 26.3 Å². The van der Waals surface area contributed by atoms with Gasteiger partial charge in [-0.3, -0.25) is 5.10 Å². The minimum absolute atomic E-state index is 0.392. The van der Waals surface area contributed by atoms with Crippen molar-refractivity contribution in [3.05, 3.63) is 39.5 Å². The Morgan fingerprint density at radius 1 is 0.905 bits per heavy atom. The van der Waals surface area contributed by atoms with Gasteiger partial charge in [-0.15, -0.1) is 0 Å². The highest BCUT2D eigenvalue weighted by molar-refractivity contribution is 6.39. The van der Waals surface area contributed by atoms with E-state index in [1.54, 1.807) is 0 Å². The highest BCUT2D eigenvalue weighted by Gasteiger charge is 2.37. The lowest BCUT2D eigenvalue weighted by molar-refractivity contribution is -0.138. The van der Waals surface area contributed by atoms with E-state index in [-0.39, 0.29) is 0 Å². The third kappa shape index (κ3) is 3.11. The Balaban J connectivity index is 2.65. The van der Waals surface area contributed by atoms with Gasteiger partial charge in [-0.05, 0) is 12.1 Å². The van der Waals surface area contributed by atoms with Crippen molar-refractivity contribution in [3.63, 3.8) is 0 Å². The third-order valence-electron chi connectivity index (χ3n) is 2.56. The molecule has 1 aromatic heterocycles. The van der Waals surface area contributed by atoms with Gasteiger partial charge in [-0.25, -0.2) is 0 Å². The summed E-state index contributed by atoms with van der Waals surface area (Å²) < 4.78 is 76.0. The zero-order valence-electron chi connectivity index (χ0n) is 9.70. The van der Waals surface area contributed by atoms with Gasteiger partial charge in [0.1, 0.15) is 5.56 Å². The number of rotatable bonds is 1. The van der Waals surface area contributed by atoms with Crippen LogP contribution in [0.2, 0.25) is 10.0 Å². The van der Waals surface area contributed by atoms with Crippen LogP contribution in [0.4, 0.5) is 26.3 Å². The Hall–Kier alpha value is -1.41. The lowest BCUT2D eigenvalue weighted by atomic mass is 10.0. The van der Waals surface area contributed by atoms with Crippen LogP contribution < -0.4 is 0 Å². The number of benzene rings is 1. The zero-order chi connectivity index (χ0) is 16.0. The summed E-state index contributed by atoms with van der Waals surface area (Å²) in [5, 5.41) is 4.15. The fourth-order valence-electron chi connectivity index (χ4n) is 1.67. The second kappa shape index (κ2) is 5.10. The number of aromatic nitrogens is 2. The van der Waals surface area contributed by atoms with Crippen LogP contribution in [-0.4, -0.2) is 10.2 Å². The third-order valence-corrected chi connectivity index (χ3v) is 3.16. The number of nitrogens with zero attached hydrogens (tertiary/aromatic N) is 1. The molecule has 0 amide bonds. The topological polar surface area (TPSA) is 28.7 Å². The molecule has 0 aliphatic carbocycles. The van der Waals surface area contributed by atoms with Crippen LogP contribution in [0.25, 0.3) is 11.3 Å². The molecule has 21 heavy (non-hydrogen) atoms. The molecule has 114 valence electrons. The second-order valence-corrected chi connectivity index (χ2v) is 4.78. The Kier molecular flexibility index (Phi) is 3.88. The lowest BCUT2D eigenvalue weighted by Crippen LogP contribution is -2.07. The number of nitrogens with one attached hydrogen (secondary N) is 1. The summed E-state index contributed by atoms with van der Waals surface area (Å²) in [7, 11) is 0. The molecule has 0 aliphatic heterocycles. The summed E-state index contributed by atoms with van der Waals surface area (Å²) in [6.45, 7) is 0. The normalized spacial score (nSPS) is 12.8. The molecule has 0 radical (unpaired) electrons. The fraction of sp³-hybridized carbons (Fsp3) is 0.182. The molecular weight excluding hydrogens is 345 g/mol. The summed E-state index contributed by atoms with van der Waals surface area (Å²) in [6, 6.07) is 1.01. The molecule has 2 aromatic rings. The van der Waals surface area contributed by atoms with Crippen LogP contribution in [0.3, 0.4) is 0 Å². The highest BCUT2D eigenvalue weighted by atomic mass is 35.5. The Labute approximate surface area is 123 Å². The largest absolute Gasteiger partial charge is 0.420 e. The van der Waals surface area contributed by atoms with Crippen LogP contribution in [0, 0.1) is 0 Å². The van der Waals surface area contributed by atoms with Crippen molar-refractivity contribution >= 4 is 23.2 Å². The summed E-state index contributed by atoms with van der Waals surface area (Å²) in [6.07, 6.45) is -8.97. The first kappa shape index (κ1) is 16.0. The zero-order valence-corrected chi connectivity index (χ0v) is 11.2. The van der Waals surface area contributed by atoms with Crippen molar-refractivity contribution in [1.82, 2.24) is 10.2 Å². The SMILES string of the molecule is FC(F)(F)c1cc(Cl)c(-c2[nH]ncc2C(F)(F)F)c(Cl)c1. The molecule has 0 unspecified atom stereocenters. The summed E-state index contributed by atoms with van der Waals surface area (Å²) >= 11 is 11.3. The summed E-state index contributed by atoms with van der Waals surface area (Å²) in [5.41, 5.74) is -3.32. The van der Waals surface area contributed by atoms with Gasteiger partial charge >= 0.3 is 12.4 Å². The molecule has 1 heterocycles. The smallest absolute Gasteiger partial charge is 0.277 e. The molecular formula is C11H4Cl2F6N2. The molecule has 2 rings (SSSR count). The Bertz CT molecular complexity index is 651. The van der Waals surface area contributed by atoms with Crippen molar-refractivity contribution in [3.8, 4) is 11.3 Å². The van der Waals surface area contributed by atoms with Crippen molar-refractivity contribution in [2.24, 2.45) is 0 Å². The van der Waals surface area contributed by atoms with E-state index in [2.05, 4.69) is 5.10 Å². The van der Waals surface area contributed by atoms with Gasteiger partial charge in [-0.1, -0.05) is 23.2 Å². The Morgan fingerprint density at radius 2 is 1.43 bits per heavy atom. The quantitative estimate of drug-likeness (QED) is 0.684. The van der Waals surface area contributed by atoms with Crippen LogP contribution >= 0.6 is 23.2 Å². The number of alkyl halides is 6. The number of hydrogen-bond donors (Lipinski definition) is 1. The summed E-state index contributed by atoms with van der Waals surface area (Å²) in [4.78, 5) is 0. The van der Waals surface area contributed by atoms with Gasteiger partial charge < -0.3 is 0 Å². The van der Waals surface area contributed by atoms with Gasteiger partial charge in [0.2, 0.25) is 0 Å². The summed E-state index contributed by atoms with van der Waals surface area (Å²) in [5.74, 6) is 0. The molecule has 0 atom stereocenters. The molecule has 0 bridgehead atoms. The van der Waals surface area contributed by atoms with E-state index >= 15 is 0 Å². The molecule has 0 aliphatic rings. The molecule has 0 fully saturated rings. The molecule has 0 saturated carbocycles. The van der Waals surface area contributed by atoms with E-state index < -0.39 is 44.8 Å². The second-order valence-electron chi connectivity index (χ2n) is 3.97. The van der Waals surface area contributed by atoms with Crippen molar-refractivity contribution in [1.29, 1.82) is 0 Å². The van der Waals surface area contributed by atoms with Crippen molar-refractivity contribution in [2.45, 2.75) is 12.4 Å². The first-order valence-electron chi connectivity index (χ1n) is 5.19. The van der Waals surface area contributed by atoms with Gasteiger partial charge in [0.25, 0.3) is 0 Å². The van der Waals surface area contributed by atoms with E-state index in [1.807, 2.05) is 5.10 Å². The van der Waals surface area contributed by atoms with Crippen LogP contribution in [0.1, 0.15) is 11.1 Å². The Morgan fingerprint density at radius 3 is 1.86 bits per heavy atom. The molecule has 10 heteroatoms. The maximum absolute atomic E-state index is 12.8. The minimum atomic E-state index is -4.75. The van der Waals surface area contributed by atoms with Gasteiger partial charge in [0, 0.05) is 5.56 Å². The lowest BCUT2D eigenvalue weighted by Gasteiger charge is -2.13. The van der Waals surface area contributed by atoms with E-state index in [9.17, 15) is 26.3 Å². The van der Waals surface area contributed by atoms with E-state index in [4.69, 9.17) is 23.2 Å². The number of hydrogen-bond acceptors (Lipinski definition) is 1. The maximum atomic E-state index is 12.8. The standard InChI is InChI=1S/C11H4Cl2F6N2/c12-6-1-4(10(14,15)16)2-7(13)8(6)9-5(3-20-21-9)11(17,18)19/h1-3H,(H,20,21). The monoisotopic (exact) mass is 348 g/mol. The fourth-order valence-corrected chi connectivity index (χ4v) is 2.34. The van der Waals surface area contributed by atoms with E-state index in [0.29, 0.717) is 18.3 Å². The molecule has 2 nitrogen and oxygen atoms in total. The van der Waals surface area contributed by atoms with Gasteiger partial charge in [-0.2, -0.15) is 31.4 Å². The van der Waals surface area contributed by atoms with Crippen LogP contribution in [0.15, 0.2) is 18.3 Å². The molecule has 1 aromatic carbocycles.